The highest BCUT2D eigenvalue weighted by atomic mass is 35.5. The van der Waals surface area contributed by atoms with Gasteiger partial charge in [0.1, 0.15) is 11.3 Å². The second-order valence-corrected chi connectivity index (χ2v) is 6.54. The first-order valence-corrected chi connectivity index (χ1v) is 8.08. The molecule has 2 heterocycles. The molecule has 0 aromatic carbocycles. The summed E-state index contributed by atoms with van der Waals surface area (Å²) in [6.07, 6.45) is 0. The lowest BCUT2D eigenvalue weighted by Gasteiger charge is -2.22. The van der Waals surface area contributed by atoms with Gasteiger partial charge < -0.3 is 9.47 Å². The highest BCUT2D eigenvalue weighted by molar-refractivity contribution is 6.20. The standard InChI is InChI=1S/C15H26ClN5/c1-7-21-15-13(12(5)18-21)17-14(11(4)16)20(15)9-8-19(6)10(2)3/h10-11H,7-9H2,1-6H3. The molecule has 0 bridgehead atoms. The summed E-state index contributed by atoms with van der Waals surface area (Å²) in [4.78, 5) is 7.06. The van der Waals surface area contributed by atoms with Crippen LogP contribution in [0.1, 0.15) is 44.6 Å². The van der Waals surface area contributed by atoms with Crippen LogP contribution in [0.2, 0.25) is 0 Å². The van der Waals surface area contributed by atoms with E-state index in [1.165, 1.54) is 0 Å². The molecule has 0 aliphatic carbocycles. The minimum Gasteiger partial charge on any atom is -0.310 e. The van der Waals surface area contributed by atoms with Crippen molar-refractivity contribution in [3.63, 3.8) is 0 Å². The van der Waals surface area contributed by atoms with Gasteiger partial charge in [-0.2, -0.15) is 5.10 Å². The van der Waals surface area contributed by atoms with Crippen molar-refractivity contribution in [3.8, 4) is 0 Å². The molecule has 2 aromatic rings. The average Bonchev–Trinajstić information content (AvgIpc) is 2.94. The SMILES string of the molecule is CCn1nc(C)c2nc(C(C)Cl)n(CCN(C)C(C)C)c21. The number of hydrogen-bond donors (Lipinski definition) is 0. The van der Waals surface area contributed by atoms with E-state index < -0.39 is 0 Å². The third-order valence-electron chi connectivity index (χ3n) is 4.04. The van der Waals surface area contributed by atoms with Crippen LogP contribution in [0.5, 0.6) is 0 Å². The summed E-state index contributed by atoms with van der Waals surface area (Å²) in [6, 6.07) is 0.527. The van der Waals surface area contributed by atoms with Crippen molar-refractivity contribution < 1.29 is 0 Å². The molecule has 0 aliphatic heterocycles. The first-order chi connectivity index (χ1) is 9.86. The smallest absolute Gasteiger partial charge is 0.159 e. The molecule has 0 fully saturated rings. The van der Waals surface area contributed by atoms with Crippen molar-refractivity contribution in [1.82, 2.24) is 24.2 Å². The lowest BCUT2D eigenvalue weighted by molar-refractivity contribution is 0.262. The van der Waals surface area contributed by atoms with Gasteiger partial charge in [-0.1, -0.05) is 0 Å². The molecule has 2 aromatic heterocycles. The maximum Gasteiger partial charge on any atom is 0.159 e. The zero-order valence-corrected chi connectivity index (χ0v) is 14.6. The second kappa shape index (κ2) is 6.36. The molecule has 0 aliphatic rings. The Morgan fingerprint density at radius 1 is 1.29 bits per heavy atom. The zero-order valence-electron chi connectivity index (χ0n) is 13.9. The van der Waals surface area contributed by atoms with E-state index in [9.17, 15) is 0 Å². The predicted molar refractivity (Wildman–Crippen MR) is 88.0 cm³/mol. The molecular weight excluding hydrogens is 286 g/mol. The number of aryl methyl sites for hydroxylation is 2. The van der Waals surface area contributed by atoms with Crippen LogP contribution in [0.3, 0.4) is 0 Å². The van der Waals surface area contributed by atoms with E-state index in [0.29, 0.717) is 6.04 Å². The van der Waals surface area contributed by atoms with E-state index >= 15 is 0 Å². The summed E-state index contributed by atoms with van der Waals surface area (Å²) in [5.41, 5.74) is 3.04. The Labute approximate surface area is 131 Å². The van der Waals surface area contributed by atoms with Crippen LogP contribution in [-0.2, 0) is 13.1 Å². The minimum atomic E-state index is -0.105. The third kappa shape index (κ3) is 3.09. The van der Waals surface area contributed by atoms with Crippen molar-refractivity contribution >= 4 is 22.8 Å². The van der Waals surface area contributed by atoms with Gasteiger partial charge in [-0.05, 0) is 41.7 Å². The number of hydrogen-bond acceptors (Lipinski definition) is 3. The van der Waals surface area contributed by atoms with E-state index in [1.54, 1.807) is 0 Å². The number of fused-ring (bicyclic) bond motifs is 1. The van der Waals surface area contributed by atoms with Gasteiger partial charge in [0.2, 0.25) is 0 Å². The highest BCUT2D eigenvalue weighted by Crippen LogP contribution is 2.26. The normalized spacial score (nSPS) is 13.8. The van der Waals surface area contributed by atoms with Crippen molar-refractivity contribution in [2.24, 2.45) is 0 Å². The molecular formula is C15H26ClN5. The summed E-state index contributed by atoms with van der Waals surface area (Å²) in [6.45, 7) is 13.2. The average molecular weight is 312 g/mol. The molecule has 1 unspecified atom stereocenters. The zero-order chi connectivity index (χ0) is 15.7. The van der Waals surface area contributed by atoms with Crippen LogP contribution >= 0.6 is 11.6 Å². The summed E-state index contributed by atoms with van der Waals surface area (Å²) in [5.74, 6) is 0.937. The monoisotopic (exact) mass is 311 g/mol. The molecule has 6 heteroatoms. The van der Waals surface area contributed by atoms with Crippen molar-refractivity contribution in [2.45, 2.75) is 59.1 Å². The van der Waals surface area contributed by atoms with Crippen molar-refractivity contribution in [1.29, 1.82) is 0 Å². The lowest BCUT2D eigenvalue weighted by Crippen LogP contribution is -2.30. The van der Waals surface area contributed by atoms with Gasteiger partial charge in [0, 0.05) is 25.7 Å². The fourth-order valence-corrected chi connectivity index (χ4v) is 2.67. The number of likely N-dealkylation sites (N-methyl/N-ethyl adjacent to an activating group) is 1. The molecule has 118 valence electrons. The number of nitrogens with zero attached hydrogens (tertiary/aromatic N) is 5. The summed E-state index contributed by atoms with van der Waals surface area (Å²) < 4.78 is 4.26. The van der Waals surface area contributed by atoms with Crippen molar-refractivity contribution in [3.05, 3.63) is 11.5 Å². The number of halogens is 1. The molecule has 0 saturated heterocycles. The van der Waals surface area contributed by atoms with Gasteiger partial charge in [-0.25, -0.2) is 9.67 Å². The molecule has 0 saturated carbocycles. The number of alkyl halides is 1. The van der Waals surface area contributed by atoms with Crippen molar-refractivity contribution in [2.75, 3.05) is 13.6 Å². The molecule has 5 nitrogen and oxygen atoms in total. The lowest BCUT2D eigenvalue weighted by atomic mass is 10.3. The topological polar surface area (TPSA) is 38.9 Å². The first kappa shape index (κ1) is 16.3. The van der Waals surface area contributed by atoms with Crippen LogP contribution in [0.25, 0.3) is 11.2 Å². The van der Waals surface area contributed by atoms with Gasteiger partial charge >= 0.3 is 0 Å². The molecule has 1 atom stereocenters. The maximum atomic E-state index is 6.34. The number of imidazole rings is 1. The molecule has 21 heavy (non-hydrogen) atoms. The van der Waals surface area contributed by atoms with E-state index in [-0.39, 0.29) is 5.38 Å². The minimum absolute atomic E-state index is 0.105. The second-order valence-electron chi connectivity index (χ2n) is 5.89. The Bertz CT molecular complexity index is 611. The number of aromatic nitrogens is 4. The molecule has 0 amide bonds. The van der Waals surface area contributed by atoms with E-state index in [2.05, 4.69) is 42.4 Å². The quantitative estimate of drug-likeness (QED) is 0.769. The van der Waals surface area contributed by atoms with Gasteiger partial charge in [0.05, 0.1) is 11.1 Å². The van der Waals surface area contributed by atoms with Crippen LogP contribution < -0.4 is 0 Å². The summed E-state index contributed by atoms with van der Waals surface area (Å²) in [5, 5.41) is 4.46. The Hall–Kier alpha value is -1.07. The van der Waals surface area contributed by atoms with Crippen LogP contribution in [-0.4, -0.2) is 43.9 Å². The Morgan fingerprint density at radius 3 is 2.48 bits per heavy atom. The number of rotatable bonds is 6. The summed E-state index contributed by atoms with van der Waals surface area (Å²) in [7, 11) is 2.14. The van der Waals surface area contributed by atoms with E-state index in [1.807, 2.05) is 18.5 Å². The molecule has 0 radical (unpaired) electrons. The van der Waals surface area contributed by atoms with Gasteiger partial charge in [0.25, 0.3) is 0 Å². The van der Waals surface area contributed by atoms with Gasteiger partial charge in [-0.3, -0.25) is 0 Å². The van der Waals surface area contributed by atoms with Gasteiger partial charge in [0.15, 0.2) is 5.65 Å². The Morgan fingerprint density at radius 2 is 1.95 bits per heavy atom. The Balaban J connectivity index is 2.45. The van der Waals surface area contributed by atoms with Crippen LogP contribution in [0, 0.1) is 6.92 Å². The van der Waals surface area contributed by atoms with E-state index in [0.717, 1.165) is 42.3 Å². The summed E-state index contributed by atoms with van der Waals surface area (Å²) >= 11 is 6.34. The van der Waals surface area contributed by atoms with Gasteiger partial charge in [-0.15, -0.1) is 11.6 Å². The largest absolute Gasteiger partial charge is 0.310 e. The first-order valence-electron chi connectivity index (χ1n) is 7.64. The molecule has 0 N–H and O–H groups in total. The fourth-order valence-electron chi connectivity index (χ4n) is 2.50. The van der Waals surface area contributed by atoms with E-state index in [4.69, 9.17) is 16.6 Å². The van der Waals surface area contributed by atoms with Crippen LogP contribution in [0.15, 0.2) is 0 Å². The van der Waals surface area contributed by atoms with Crippen LogP contribution in [0.4, 0.5) is 0 Å². The fraction of sp³-hybridized carbons (Fsp3) is 0.733. The third-order valence-corrected chi connectivity index (χ3v) is 4.24. The Kier molecular flexibility index (Phi) is 4.94. The highest BCUT2D eigenvalue weighted by Gasteiger charge is 2.21. The predicted octanol–water partition coefficient (Wildman–Crippen LogP) is 3.20. The molecule has 0 spiro atoms. The maximum absolute atomic E-state index is 6.34. The molecule has 2 rings (SSSR count).